The summed E-state index contributed by atoms with van der Waals surface area (Å²) in [6.07, 6.45) is 1.40. The second kappa shape index (κ2) is 6.76. The second-order valence-electron chi connectivity index (χ2n) is 4.90. The lowest BCUT2D eigenvalue weighted by Gasteiger charge is -2.10. The topological polar surface area (TPSA) is 88.4 Å². The summed E-state index contributed by atoms with van der Waals surface area (Å²) < 4.78 is 31.8. The van der Waals surface area contributed by atoms with Crippen molar-refractivity contribution < 1.29 is 17.6 Å². The number of hydrogen-bond donors (Lipinski definition) is 2. The minimum Gasteiger partial charge on any atom is -0.459 e. The molecule has 0 radical (unpaired) electrons. The normalized spacial score (nSPS) is 11.4. The van der Waals surface area contributed by atoms with Gasteiger partial charge in [-0.1, -0.05) is 17.7 Å². The van der Waals surface area contributed by atoms with Crippen molar-refractivity contribution in [2.24, 2.45) is 0 Å². The number of carbonyl (C=O) groups is 1. The van der Waals surface area contributed by atoms with E-state index in [1.54, 1.807) is 25.1 Å². The standard InChI is InChI=1S/C15H18N2O4S/c1-11-5-6-14(12(2)10-11)22(19,20)17-8-7-16-15(18)13-4-3-9-21-13/h3-6,9-10,17H,7-8H2,1-2H3,(H,16,18). The van der Waals surface area contributed by atoms with Crippen LogP contribution in [0.3, 0.4) is 0 Å². The first-order valence-corrected chi connectivity index (χ1v) is 8.27. The van der Waals surface area contributed by atoms with Crippen LogP contribution in [0.2, 0.25) is 0 Å². The number of furan rings is 1. The van der Waals surface area contributed by atoms with E-state index < -0.39 is 10.0 Å². The van der Waals surface area contributed by atoms with Gasteiger partial charge in [0.05, 0.1) is 11.2 Å². The van der Waals surface area contributed by atoms with Gasteiger partial charge >= 0.3 is 0 Å². The van der Waals surface area contributed by atoms with Crippen molar-refractivity contribution in [2.45, 2.75) is 18.7 Å². The van der Waals surface area contributed by atoms with E-state index in [1.165, 1.54) is 12.3 Å². The molecule has 6 nitrogen and oxygen atoms in total. The summed E-state index contributed by atoms with van der Waals surface area (Å²) in [5, 5.41) is 2.57. The fourth-order valence-electron chi connectivity index (χ4n) is 2.03. The van der Waals surface area contributed by atoms with E-state index in [4.69, 9.17) is 4.42 Å². The van der Waals surface area contributed by atoms with Gasteiger partial charge in [-0.2, -0.15) is 0 Å². The number of aryl methyl sites for hydroxylation is 2. The number of hydrogen-bond acceptors (Lipinski definition) is 4. The maximum Gasteiger partial charge on any atom is 0.287 e. The first kappa shape index (κ1) is 16.3. The van der Waals surface area contributed by atoms with Crippen LogP contribution in [0.4, 0.5) is 0 Å². The average molecular weight is 322 g/mol. The van der Waals surface area contributed by atoms with E-state index >= 15 is 0 Å². The van der Waals surface area contributed by atoms with Crippen LogP contribution in [0.15, 0.2) is 45.9 Å². The summed E-state index contributed by atoms with van der Waals surface area (Å²) in [5.41, 5.74) is 1.69. The molecule has 0 saturated heterocycles. The van der Waals surface area contributed by atoms with Crippen molar-refractivity contribution in [3.8, 4) is 0 Å². The summed E-state index contributed by atoms with van der Waals surface area (Å²) in [7, 11) is -3.58. The number of benzene rings is 1. The highest BCUT2D eigenvalue weighted by Gasteiger charge is 2.16. The molecule has 0 unspecified atom stereocenters. The van der Waals surface area contributed by atoms with Crippen molar-refractivity contribution in [2.75, 3.05) is 13.1 Å². The van der Waals surface area contributed by atoms with Gasteiger partial charge in [0.25, 0.3) is 5.91 Å². The number of nitrogens with one attached hydrogen (secondary N) is 2. The Kier molecular flexibility index (Phi) is 4.99. The SMILES string of the molecule is Cc1ccc(S(=O)(=O)NCCNC(=O)c2ccco2)c(C)c1. The number of carbonyl (C=O) groups excluding carboxylic acids is 1. The molecule has 2 N–H and O–H groups in total. The van der Waals surface area contributed by atoms with Gasteiger partial charge in [-0.05, 0) is 37.6 Å². The lowest BCUT2D eigenvalue weighted by atomic mass is 10.2. The van der Waals surface area contributed by atoms with Gasteiger partial charge in [0, 0.05) is 13.1 Å². The monoisotopic (exact) mass is 322 g/mol. The molecule has 0 saturated carbocycles. The van der Waals surface area contributed by atoms with Crippen LogP contribution in [0, 0.1) is 13.8 Å². The molecule has 1 aromatic carbocycles. The van der Waals surface area contributed by atoms with Crippen LogP contribution in [0.1, 0.15) is 21.7 Å². The third-order valence-electron chi connectivity index (χ3n) is 3.07. The molecule has 0 spiro atoms. The molecule has 1 amide bonds. The maximum atomic E-state index is 12.2. The van der Waals surface area contributed by atoms with E-state index in [2.05, 4.69) is 10.0 Å². The van der Waals surface area contributed by atoms with E-state index in [0.717, 1.165) is 5.56 Å². The molecular weight excluding hydrogens is 304 g/mol. The van der Waals surface area contributed by atoms with Crippen molar-refractivity contribution in [1.82, 2.24) is 10.0 Å². The molecule has 0 aliphatic rings. The molecule has 2 rings (SSSR count). The summed E-state index contributed by atoms with van der Waals surface area (Å²) in [6, 6.07) is 8.29. The van der Waals surface area contributed by atoms with Crippen molar-refractivity contribution >= 4 is 15.9 Å². The minimum atomic E-state index is -3.58. The largest absolute Gasteiger partial charge is 0.459 e. The lowest BCUT2D eigenvalue weighted by Crippen LogP contribution is -2.34. The molecule has 7 heteroatoms. The highest BCUT2D eigenvalue weighted by atomic mass is 32.2. The van der Waals surface area contributed by atoms with Crippen molar-refractivity contribution in [1.29, 1.82) is 0 Å². The third-order valence-corrected chi connectivity index (χ3v) is 4.69. The fraction of sp³-hybridized carbons (Fsp3) is 0.267. The predicted molar refractivity (Wildman–Crippen MR) is 82.1 cm³/mol. The Bertz CT molecular complexity index is 752. The Morgan fingerprint density at radius 2 is 1.95 bits per heavy atom. The Morgan fingerprint density at radius 1 is 1.18 bits per heavy atom. The van der Waals surface area contributed by atoms with E-state index in [0.29, 0.717) is 5.56 Å². The molecule has 1 heterocycles. The molecule has 0 aliphatic carbocycles. The molecule has 1 aromatic heterocycles. The van der Waals surface area contributed by atoms with Crippen LogP contribution in [0.25, 0.3) is 0 Å². The van der Waals surface area contributed by atoms with Crippen LogP contribution in [-0.2, 0) is 10.0 Å². The van der Waals surface area contributed by atoms with Crippen LogP contribution in [0.5, 0.6) is 0 Å². The Morgan fingerprint density at radius 3 is 2.59 bits per heavy atom. The van der Waals surface area contributed by atoms with Crippen LogP contribution < -0.4 is 10.0 Å². The molecule has 22 heavy (non-hydrogen) atoms. The van der Waals surface area contributed by atoms with Crippen molar-refractivity contribution in [3.63, 3.8) is 0 Å². The van der Waals surface area contributed by atoms with E-state index in [-0.39, 0.29) is 29.7 Å². The van der Waals surface area contributed by atoms with Crippen LogP contribution in [-0.4, -0.2) is 27.4 Å². The second-order valence-corrected chi connectivity index (χ2v) is 6.64. The third kappa shape index (κ3) is 3.96. The highest BCUT2D eigenvalue weighted by molar-refractivity contribution is 7.89. The van der Waals surface area contributed by atoms with E-state index in [1.807, 2.05) is 13.0 Å². The zero-order chi connectivity index (χ0) is 16.2. The fourth-order valence-corrected chi connectivity index (χ4v) is 3.29. The van der Waals surface area contributed by atoms with Gasteiger partial charge < -0.3 is 9.73 Å². The Hall–Kier alpha value is -2.12. The lowest BCUT2D eigenvalue weighted by molar-refractivity contribution is 0.0926. The van der Waals surface area contributed by atoms with Gasteiger partial charge in [0.15, 0.2) is 5.76 Å². The number of amides is 1. The zero-order valence-corrected chi connectivity index (χ0v) is 13.2. The predicted octanol–water partition coefficient (Wildman–Crippen LogP) is 1.60. The minimum absolute atomic E-state index is 0.0993. The molecule has 0 aliphatic heterocycles. The quantitative estimate of drug-likeness (QED) is 0.791. The summed E-state index contributed by atoms with van der Waals surface area (Å²) in [5.74, 6) is -0.187. The Labute approximate surface area is 129 Å². The molecule has 0 bridgehead atoms. The zero-order valence-electron chi connectivity index (χ0n) is 12.4. The smallest absolute Gasteiger partial charge is 0.287 e. The molecule has 118 valence electrons. The number of sulfonamides is 1. The average Bonchev–Trinajstić information content (AvgIpc) is 2.97. The maximum absolute atomic E-state index is 12.2. The van der Waals surface area contributed by atoms with Gasteiger partial charge in [0.1, 0.15) is 0 Å². The van der Waals surface area contributed by atoms with Crippen molar-refractivity contribution in [3.05, 3.63) is 53.5 Å². The Balaban J connectivity index is 1.89. The van der Waals surface area contributed by atoms with Gasteiger partial charge in [-0.25, -0.2) is 13.1 Å². The van der Waals surface area contributed by atoms with E-state index in [9.17, 15) is 13.2 Å². The summed E-state index contributed by atoms with van der Waals surface area (Å²) in [6.45, 7) is 3.92. The van der Waals surface area contributed by atoms with Gasteiger partial charge in [-0.3, -0.25) is 4.79 Å². The molecular formula is C15H18N2O4S. The molecule has 0 fully saturated rings. The summed E-state index contributed by atoms with van der Waals surface area (Å²) >= 11 is 0. The molecule has 0 atom stereocenters. The van der Waals surface area contributed by atoms with Gasteiger partial charge in [-0.15, -0.1) is 0 Å². The highest BCUT2D eigenvalue weighted by Crippen LogP contribution is 2.15. The summed E-state index contributed by atoms with van der Waals surface area (Å²) in [4.78, 5) is 11.9. The first-order chi connectivity index (χ1) is 10.4. The number of rotatable bonds is 6. The van der Waals surface area contributed by atoms with Crippen LogP contribution >= 0.6 is 0 Å². The van der Waals surface area contributed by atoms with Gasteiger partial charge in [0.2, 0.25) is 10.0 Å². The first-order valence-electron chi connectivity index (χ1n) is 6.79. The molecule has 2 aromatic rings.